The first-order valence-corrected chi connectivity index (χ1v) is 7.55. The molecule has 0 unspecified atom stereocenters. The van der Waals surface area contributed by atoms with Crippen LogP contribution in [0.15, 0.2) is 54.9 Å². The molecule has 0 bridgehead atoms. The van der Waals surface area contributed by atoms with Crippen LogP contribution >= 0.6 is 0 Å². The lowest BCUT2D eigenvalue weighted by Crippen LogP contribution is -1.90. The van der Waals surface area contributed by atoms with Crippen molar-refractivity contribution in [2.24, 2.45) is 0 Å². The van der Waals surface area contributed by atoms with E-state index < -0.39 is 0 Å². The number of fused-ring (bicyclic) bond motifs is 1. The van der Waals surface area contributed by atoms with Crippen LogP contribution in [0, 0.1) is 0 Å². The van der Waals surface area contributed by atoms with E-state index in [1.54, 1.807) is 0 Å². The Morgan fingerprint density at radius 3 is 2.38 bits per heavy atom. The highest BCUT2D eigenvalue weighted by Crippen LogP contribution is 2.23. The summed E-state index contributed by atoms with van der Waals surface area (Å²) in [5.74, 6) is 0.516. The van der Waals surface area contributed by atoms with E-state index in [1.165, 1.54) is 5.56 Å². The maximum Gasteiger partial charge on any atom is 0.0702 e. The molecule has 0 saturated heterocycles. The zero-order chi connectivity index (χ0) is 15.2. The summed E-state index contributed by atoms with van der Waals surface area (Å²) in [5.41, 5.74) is 4.43. The van der Waals surface area contributed by atoms with Crippen molar-refractivity contribution in [2.75, 3.05) is 0 Å². The number of benzene rings is 1. The molecule has 3 rings (SSSR count). The van der Waals surface area contributed by atoms with E-state index in [-0.39, 0.29) is 0 Å². The maximum absolute atomic E-state index is 4.56. The van der Waals surface area contributed by atoms with Crippen molar-refractivity contribution in [2.45, 2.75) is 33.6 Å². The number of nitrogens with zero attached hydrogens (tertiary/aromatic N) is 2. The van der Waals surface area contributed by atoms with Gasteiger partial charge in [-0.3, -0.25) is 9.97 Å². The molecule has 0 aliphatic rings. The second-order valence-corrected chi connectivity index (χ2v) is 5.04. The number of aromatic nitrogens is 2. The summed E-state index contributed by atoms with van der Waals surface area (Å²) in [6.45, 7) is 8.36. The van der Waals surface area contributed by atoms with Gasteiger partial charge in [-0.15, -0.1) is 0 Å². The first-order valence-electron chi connectivity index (χ1n) is 7.55. The second-order valence-electron chi connectivity index (χ2n) is 5.04. The summed E-state index contributed by atoms with van der Waals surface area (Å²) in [7, 11) is 0. The van der Waals surface area contributed by atoms with Crippen LogP contribution in [-0.4, -0.2) is 9.97 Å². The van der Waals surface area contributed by atoms with Crippen molar-refractivity contribution in [3.63, 3.8) is 0 Å². The van der Waals surface area contributed by atoms with E-state index in [0.717, 1.165) is 22.2 Å². The van der Waals surface area contributed by atoms with E-state index in [4.69, 9.17) is 0 Å². The average Bonchev–Trinajstić information content (AvgIpc) is 2.56. The van der Waals surface area contributed by atoms with E-state index in [2.05, 4.69) is 54.1 Å². The molecule has 21 heavy (non-hydrogen) atoms. The highest BCUT2D eigenvalue weighted by atomic mass is 14.7. The molecule has 2 nitrogen and oxygen atoms in total. The molecule has 108 valence electrons. The highest BCUT2D eigenvalue weighted by molar-refractivity contribution is 5.83. The molecule has 3 aromatic rings. The zero-order valence-electron chi connectivity index (χ0n) is 13.2. The zero-order valence-corrected chi connectivity index (χ0v) is 13.2. The fraction of sp³-hybridized carbons (Fsp3) is 0.263. The third kappa shape index (κ3) is 3.46. The van der Waals surface area contributed by atoms with E-state index >= 15 is 0 Å². The van der Waals surface area contributed by atoms with Gasteiger partial charge in [0.25, 0.3) is 0 Å². The number of hydrogen-bond donors (Lipinski definition) is 0. The van der Waals surface area contributed by atoms with Crippen molar-refractivity contribution in [3.05, 3.63) is 60.4 Å². The summed E-state index contributed by atoms with van der Waals surface area (Å²) in [6, 6.07) is 14.5. The Hall–Kier alpha value is -2.22. The second kappa shape index (κ2) is 6.98. The van der Waals surface area contributed by atoms with Crippen LogP contribution in [0.3, 0.4) is 0 Å². The smallest absolute Gasteiger partial charge is 0.0702 e. The number of rotatable bonds is 2. The Morgan fingerprint density at radius 2 is 1.71 bits per heavy atom. The summed E-state index contributed by atoms with van der Waals surface area (Å²) in [4.78, 5) is 8.89. The lowest BCUT2D eigenvalue weighted by atomic mass is 10.0. The van der Waals surface area contributed by atoms with Crippen LogP contribution < -0.4 is 0 Å². The van der Waals surface area contributed by atoms with Crippen LogP contribution in [-0.2, 0) is 0 Å². The van der Waals surface area contributed by atoms with Gasteiger partial charge in [0.15, 0.2) is 0 Å². The Labute approximate surface area is 126 Å². The van der Waals surface area contributed by atoms with Crippen LogP contribution in [0.5, 0.6) is 0 Å². The van der Waals surface area contributed by atoms with E-state index in [9.17, 15) is 0 Å². The van der Waals surface area contributed by atoms with Crippen LogP contribution in [0.1, 0.15) is 39.2 Å². The van der Waals surface area contributed by atoms with Crippen LogP contribution in [0.25, 0.3) is 22.2 Å². The molecule has 0 atom stereocenters. The SMILES string of the molecule is CC.CC(C)c1ccc(-c2ccc3ncccc3c2)nc1. The van der Waals surface area contributed by atoms with Crippen LogP contribution in [0.2, 0.25) is 0 Å². The van der Waals surface area contributed by atoms with Gasteiger partial charge in [-0.05, 0) is 35.7 Å². The molecule has 0 aliphatic heterocycles. The predicted molar refractivity (Wildman–Crippen MR) is 90.4 cm³/mol. The van der Waals surface area contributed by atoms with Crippen molar-refractivity contribution in [1.29, 1.82) is 0 Å². The van der Waals surface area contributed by atoms with Gasteiger partial charge in [0.2, 0.25) is 0 Å². The summed E-state index contributed by atoms with van der Waals surface area (Å²) in [6.07, 6.45) is 3.78. The van der Waals surface area contributed by atoms with Gasteiger partial charge in [0.05, 0.1) is 11.2 Å². The van der Waals surface area contributed by atoms with Crippen molar-refractivity contribution in [3.8, 4) is 11.3 Å². The molecule has 0 saturated carbocycles. The minimum atomic E-state index is 0.516. The molecule has 2 heterocycles. The van der Waals surface area contributed by atoms with Crippen molar-refractivity contribution >= 4 is 10.9 Å². The fourth-order valence-electron chi connectivity index (χ4n) is 2.15. The van der Waals surface area contributed by atoms with Gasteiger partial charge < -0.3 is 0 Å². The fourth-order valence-corrected chi connectivity index (χ4v) is 2.15. The molecule has 0 N–H and O–H groups in total. The molecular weight excluding hydrogens is 256 g/mol. The monoisotopic (exact) mass is 278 g/mol. The molecule has 2 aromatic heterocycles. The largest absolute Gasteiger partial charge is 0.256 e. The molecular formula is C19H22N2. The van der Waals surface area contributed by atoms with Crippen LogP contribution in [0.4, 0.5) is 0 Å². The van der Waals surface area contributed by atoms with Gasteiger partial charge in [-0.2, -0.15) is 0 Å². The first kappa shape index (κ1) is 15.2. The maximum atomic E-state index is 4.56. The topological polar surface area (TPSA) is 25.8 Å². The quantitative estimate of drug-likeness (QED) is 0.623. The average molecular weight is 278 g/mol. The van der Waals surface area contributed by atoms with Gasteiger partial charge in [-0.25, -0.2) is 0 Å². The van der Waals surface area contributed by atoms with Gasteiger partial charge in [0, 0.05) is 23.3 Å². The summed E-state index contributed by atoms with van der Waals surface area (Å²) < 4.78 is 0. The molecule has 0 spiro atoms. The lowest BCUT2D eigenvalue weighted by molar-refractivity contribution is 0.859. The minimum absolute atomic E-state index is 0.516. The van der Waals surface area contributed by atoms with Crippen molar-refractivity contribution in [1.82, 2.24) is 9.97 Å². The molecule has 0 aliphatic carbocycles. The predicted octanol–water partition coefficient (Wildman–Crippen LogP) is 5.45. The molecule has 0 amide bonds. The third-order valence-electron chi connectivity index (χ3n) is 3.35. The Bertz CT molecular complexity index is 700. The molecule has 0 radical (unpaired) electrons. The summed E-state index contributed by atoms with van der Waals surface area (Å²) in [5, 5.41) is 1.15. The normalized spacial score (nSPS) is 10.3. The minimum Gasteiger partial charge on any atom is -0.256 e. The molecule has 0 fully saturated rings. The molecule has 1 aromatic carbocycles. The standard InChI is InChI=1S/C17H16N2.C2H6/c1-12(2)15-6-8-17(19-11-15)14-5-7-16-13(10-14)4-3-9-18-16;1-2/h3-12H,1-2H3;1-2H3. The van der Waals surface area contributed by atoms with Gasteiger partial charge in [0.1, 0.15) is 0 Å². The van der Waals surface area contributed by atoms with Crippen molar-refractivity contribution < 1.29 is 0 Å². The lowest BCUT2D eigenvalue weighted by Gasteiger charge is -2.07. The first-order chi connectivity index (χ1) is 10.2. The summed E-state index contributed by atoms with van der Waals surface area (Å²) >= 11 is 0. The Morgan fingerprint density at radius 1 is 0.905 bits per heavy atom. The Balaban J connectivity index is 0.000000774. The third-order valence-corrected chi connectivity index (χ3v) is 3.35. The van der Waals surface area contributed by atoms with E-state index in [1.807, 2.05) is 38.4 Å². The Kier molecular flexibility index (Phi) is 5.04. The highest BCUT2D eigenvalue weighted by Gasteiger charge is 2.03. The number of pyridine rings is 2. The van der Waals surface area contributed by atoms with E-state index in [0.29, 0.717) is 5.92 Å². The number of hydrogen-bond acceptors (Lipinski definition) is 2. The van der Waals surface area contributed by atoms with Gasteiger partial charge in [-0.1, -0.05) is 45.9 Å². The molecule has 2 heteroatoms. The van der Waals surface area contributed by atoms with Gasteiger partial charge >= 0.3 is 0 Å².